The van der Waals surface area contributed by atoms with Crippen LogP contribution < -0.4 is 5.32 Å². The van der Waals surface area contributed by atoms with E-state index in [0.717, 1.165) is 5.69 Å². The van der Waals surface area contributed by atoms with Crippen molar-refractivity contribution in [2.75, 3.05) is 5.32 Å². The summed E-state index contributed by atoms with van der Waals surface area (Å²) in [6, 6.07) is 3.65. The van der Waals surface area contributed by atoms with Crippen LogP contribution in [0.15, 0.2) is 22.9 Å². The van der Waals surface area contributed by atoms with Gasteiger partial charge in [-0.15, -0.1) is 0 Å². The predicted molar refractivity (Wildman–Crippen MR) is 62.5 cm³/mol. The second kappa shape index (κ2) is 4.31. The van der Waals surface area contributed by atoms with Gasteiger partial charge in [-0.25, -0.2) is 4.98 Å². The van der Waals surface area contributed by atoms with Crippen LogP contribution in [0.25, 0.3) is 0 Å². The van der Waals surface area contributed by atoms with E-state index in [1.165, 1.54) is 12.8 Å². The van der Waals surface area contributed by atoms with Gasteiger partial charge in [-0.1, -0.05) is 6.92 Å². The van der Waals surface area contributed by atoms with E-state index in [0.29, 0.717) is 10.5 Å². The minimum absolute atomic E-state index is 0.0891. The van der Waals surface area contributed by atoms with Crippen molar-refractivity contribution < 1.29 is 4.79 Å². The van der Waals surface area contributed by atoms with Crippen LogP contribution in [0.5, 0.6) is 0 Å². The van der Waals surface area contributed by atoms with E-state index in [1.54, 1.807) is 6.20 Å². The average Bonchev–Trinajstić information content (AvgIpc) is 3.04. The number of pyridine rings is 1. The first-order valence-electron chi connectivity index (χ1n) is 5.10. The van der Waals surface area contributed by atoms with E-state index >= 15 is 0 Å². The number of amides is 1. The van der Waals surface area contributed by atoms with Gasteiger partial charge in [0.2, 0.25) is 5.91 Å². The smallest absolute Gasteiger partial charge is 0.227 e. The molecule has 1 fully saturated rings. The first-order valence-corrected chi connectivity index (χ1v) is 5.89. The molecule has 1 unspecified atom stereocenters. The topological polar surface area (TPSA) is 42.0 Å². The van der Waals surface area contributed by atoms with Crippen molar-refractivity contribution in [1.29, 1.82) is 0 Å². The van der Waals surface area contributed by atoms with Crippen LogP contribution in [0.4, 0.5) is 5.69 Å². The molecule has 1 N–H and O–H groups in total. The fourth-order valence-electron chi connectivity index (χ4n) is 1.54. The van der Waals surface area contributed by atoms with Gasteiger partial charge < -0.3 is 5.32 Å². The standard InChI is InChI=1S/C11H13BrN2O/c1-7(8-4-5-8)11(15)14-9-3-2-6-13-10(9)12/h2-3,6-8H,4-5H2,1H3,(H,14,15). The first-order chi connectivity index (χ1) is 7.18. The number of anilines is 1. The molecule has 0 aliphatic heterocycles. The van der Waals surface area contributed by atoms with Crippen LogP contribution in [0.2, 0.25) is 0 Å². The van der Waals surface area contributed by atoms with Crippen molar-refractivity contribution >= 4 is 27.5 Å². The Labute approximate surface area is 97.4 Å². The van der Waals surface area contributed by atoms with Gasteiger partial charge in [-0.2, -0.15) is 0 Å². The Bertz CT molecular complexity index is 377. The molecule has 15 heavy (non-hydrogen) atoms. The second-order valence-corrected chi connectivity index (χ2v) is 4.71. The Balaban J connectivity index is 2.02. The third-order valence-corrected chi connectivity index (χ3v) is 3.39. The van der Waals surface area contributed by atoms with Gasteiger partial charge in [0.25, 0.3) is 0 Å². The van der Waals surface area contributed by atoms with Crippen LogP contribution in [-0.4, -0.2) is 10.9 Å². The molecule has 1 saturated carbocycles. The summed E-state index contributed by atoms with van der Waals surface area (Å²) >= 11 is 3.30. The summed E-state index contributed by atoms with van der Waals surface area (Å²) in [4.78, 5) is 15.8. The van der Waals surface area contributed by atoms with Gasteiger partial charge in [0, 0.05) is 12.1 Å². The molecule has 2 rings (SSSR count). The summed E-state index contributed by atoms with van der Waals surface area (Å²) < 4.78 is 0.682. The average molecular weight is 269 g/mol. The lowest BCUT2D eigenvalue weighted by Crippen LogP contribution is -2.22. The zero-order valence-electron chi connectivity index (χ0n) is 8.53. The van der Waals surface area contributed by atoms with Crippen LogP contribution in [0, 0.1) is 11.8 Å². The molecule has 0 bridgehead atoms. The Morgan fingerprint density at radius 1 is 1.67 bits per heavy atom. The molecular formula is C11H13BrN2O. The highest BCUT2D eigenvalue weighted by Gasteiger charge is 2.32. The molecule has 1 atom stereocenters. The fourth-order valence-corrected chi connectivity index (χ4v) is 1.89. The molecule has 4 heteroatoms. The summed E-state index contributed by atoms with van der Waals surface area (Å²) in [6.07, 6.45) is 4.05. The van der Waals surface area contributed by atoms with Crippen LogP contribution in [0.1, 0.15) is 19.8 Å². The van der Waals surface area contributed by atoms with Gasteiger partial charge in [-0.05, 0) is 46.8 Å². The van der Waals surface area contributed by atoms with Crippen molar-refractivity contribution in [2.24, 2.45) is 11.8 Å². The number of hydrogen-bond acceptors (Lipinski definition) is 2. The molecular weight excluding hydrogens is 256 g/mol. The molecule has 1 aliphatic carbocycles. The molecule has 0 saturated heterocycles. The number of carbonyl (C=O) groups is 1. The van der Waals surface area contributed by atoms with E-state index in [1.807, 2.05) is 19.1 Å². The maximum absolute atomic E-state index is 11.8. The summed E-state index contributed by atoms with van der Waals surface area (Å²) in [7, 11) is 0. The molecule has 80 valence electrons. The monoisotopic (exact) mass is 268 g/mol. The van der Waals surface area contributed by atoms with Gasteiger partial charge in [-0.3, -0.25) is 4.79 Å². The van der Waals surface area contributed by atoms with Crippen molar-refractivity contribution in [2.45, 2.75) is 19.8 Å². The Kier molecular flexibility index (Phi) is 3.05. The minimum atomic E-state index is 0.0891. The van der Waals surface area contributed by atoms with Crippen molar-refractivity contribution in [3.05, 3.63) is 22.9 Å². The normalized spacial score (nSPS) is 17.2. The van der Waals surface area contributed by atoms with Gasteiger partial charge in [0.15, 0.2) is 0 Å². The third kappa shape index (κ3) is 2.56. The van der Waals surface area contributed by atoms with E-state index in [9.17, 15) is 4.79 Å². The van der Waals surface area contributed by atoms with Crippen molar-refractivity contribution in [1.82, 2.24) is 4.98 Å². The minimum Gasteiger partial charge on any atom is -0.324 e. The molecule has 1 aromatic rings. The molecule has 0 radical (unpaired) electrons. The maximum atomic E-state index is 11.8. The fraction of sp³-hybridized carbons (Fsp3) is 0.455. The van der Waals surface area contributed by atoms with E-state index in [4.69, 9.17) is 0 Å². The quantitative estimate of drug-likeness (QED) is 0.857. The number of nitrogens with one attached hydrogen (secondary N) is 1. The molecule has 1 aliphatic rings. The Morgan fingerprint density at radius 2 is 2.40 bits per heavy atom. The van der Waals surface area contributed by atoms with E-state index < -0.39 is 0 Å². The summed E-state index contributed by atoms with van der Waals surface area (Å²) in [6.45, 7) is 1.98. The van der Waals surface area contributed by atoms with Crippen LogP contribution in [-0.2, 0) is 4.79 Å². The molecule has 1 amide bonds. The molecule has 3 nitrogen and oxygen atoms in total. The van der Waals surface area contributed by atoms with Crippen molar-refractivity contribution in [3.8, 4) is 0 Å². The Hall–Kier alpha value is -0.900. The number of carbonyl (C=O) groups excluding carboxylic acids is 1. The van der Waals surface area contributed by atoms with Gasteiger partial charge in [0.05, 0.1) is 5.69 Å². The molecule has 1 heterocycles. The highest BCUT2D eigenvalue weighted by molar-refractivity contribution is 9.10. The lowest BCUT2D eigenvalue weighted by molar-refractivity contribution is -0.119. The molecule has 0 spiro atoms. The highest BCUT2D eigenvalue weighted by Crippen LogP contribution is 2.37. The third-order valence-electron chi connectivity index (χ3n) is 2.76. The van der Waals surface area contributed by atoms with E-state index in [2.05, 4.69) is 26.2 Å². The van der Waals surface area contributed by atoms with Crippen molar-refractivity contribution in [3.63, 3.8) is 0 Å². The SMILES string of the molecule is CC(C(=O)Nc1cccnc1Br)C1CC1. The molecule has 0 aromatic carbocycles. The van der Waals surface area contributed by atoms with Gasteiger partial charge in [0.1, 0.15) is 4.60 Å². The lowest BCUT2D eigenvalue weighted by Gasteiger charge is -2.11. The first kappa shape index (κ1) is 10.6. The predicted octanol–water partition coefficient (Wildman–Crippen LogP) is 2.83. The second-order valence-electron chi connectivity index (χ2n) is 3.96. The lowest BCUT2D eigenvalue weighted by atomic mass is 10.1. The maximum Gasteiger partial charge on any atom is 0.227 e. The summed E-state index contributed by atoms with van der Waals surface area (Å²) in [5, 5.41) is 2.88. The highest BCUT2D eigenvalue weighted by atomic mass is 79.9. The van der Waals surface area contributed by atoms with Crippen LogP contribution in [0.3, 0.4) is 0 Å². The number of hydrogen-bond donors (Lipinski definition) is 1. The summed E-state index contributed by atoms with van der Waals surface area (Å²) in [5.41, 5.74) is 0.745. The largest absolute Gasteiger partial charge is 0.324 e. The zero-order chi connectivity index (χ0) is 10.8. The number of rotatable bonds is 3. The number of nitrogens with zero attached hydrogens (tertiary/aromatic N) is 1. The van der Waals surface area contributed by atoms with Crippen LogP contribution >= 0.6 is 15.9 Å². The summed E-state index contributed by atoms with van der Waals surface area (Å²) in [5.74, 6) is 0.781. The van der Waals surface area contributed by atoms with Gasteiger partial charge >= 0.3 is 0 Å². The number of aromatic nitrogens is 1. The number of halogens is 1. The molecule has 1 aromatic heterocycles. The van der Waals surface area contributed by atoms with E-state index in [-0.39, 0.29) is 11.8 Å². The zero-order valence-corrected chi connectivity index (χ0v) is 10.1. The Morgan fingerprint density at radius 3 is 3.00 bits per heavy atom.